The van der Waals surface area contributed by atoms with E-state index in [-0.39, 0.29) is 22.6 Å². The Labute approximate surface area is 152 Å². The number of nitrogens with one attached hydrogen (secondary N) is 2. The van der Waals surface area contributed by atoms with Gasteiger partial charge in [0, 0.05) is 24.7 Å². The zero-order valence-corrected chi connectivity index (χ0v) is 14.0. The standard InChI is InChI=1S/C17H14N4O6/c1-10(22)15(20-19-13-6-2-4-11(8-13)17(24)25)16(23)18-12-5-3-7-14(9-12)21(26)27/h2-9,19H,1H3,(H,18,23)(H,24,25)/b20-15-. The minimum absolute atomic E-state index is 0.000576. The summed E-state index contributed by atoms with van der Waals surface area (Å²) < 4.78 is 0. The smallest absolute Gasteiger partial charge is 0.335 e. The maximum Gasteiger partial charge on any atom is 0.335 e. The number of nitro groups is 1. The first kappa shape index (κ1) is 19.2. The van der Waals surface area contributed by atoms with Crippen LogP contribution in [0.3, 0.4) is 0 Å². The van der Waals surface area contributed by atoms with Gasteiger partial charge in [-0.1, -0.05) is 12.1 Å². The Balaban J connectivity index is 2.20. The van der Waals surface area contributed by atoms with Crippen molar-refractivity contribution in [2.75, 3.05) is 10.7 Å². The fourth-order valence-electron chi connectivity index (χ4n) is 2.02. The Morgan fingerprint density at radius 3 is 2.37 bits per heavy atom. The summed E-state index contributed by atoms with van der Waals surface area (Å²) in [5.74, 6) is -2.66. The number of carbonyl (C=O) groups excluding carboxylic acids is 2. The molecule has 0 aliphatic rings. The Bertz CT molecular complexity index is 954. The topological polar surface area (TPSA) is 151 Å². The third kappa shape index (κ3) is 5.19. The van der Waals surface area contributed by atoms with Crippen LogP contribution in [0.2, 0.25) is 0 Å². The fraction of sp³-hybridized carbons (Fsp3) is 0.0588. The number of nitro benzene ring substituents is 1. The number of nitrogens with zero attached hydrogens (tertiary/aromatic N) is 2. The van der Waals surface area contributed by atoms with Gasteiger partial charge in [-0.3, -0.25) is 25.1 Å². The van der Waals surface area contributed by atoms with Gasteiger partial charge in [-0.15, -0.1) is 0 Å². The summed E-state index contributed by atoms with van der Waals surface area (Å²) in [6.07, 6.45) is 0. The van der Waals surface area contributed by atoms with Crippen LogP contribution in [0.1, 0.15) is 17.3 Å². The van der Waals surface area contributed by atoms with Gasteiger partial charge >= 0.3 is 5.97 Å². The summed E-state index contributed by atoms with van der Waals surface area (Å²) in [6.45, 7) is 1.13. The molecule has 2 rings (SSSR count). The average Bonchev–Trinajstić information content (AvgIpc) is 2.62. The molecule has 2 aromatic carbocycles. The van der Waals surface area contributed by atoms with Crippen LogP contribution in [0.15, 0.2) is 53.6 Å². The van der Waals surface area contributed by atoms with Gasteiger partial charge in [0.1, 0.15) is 0 Å². The maximum absolute atomic E-state index is 12.3. The van der Waals surface area contributed by atoms with Gasteiger partial charge in [-0.25, -0.2) is 4.79 Å². The lowest BCUT2D eigenvalue weighted by atomic mass is 10.2. The number of carboxylic acid groups (broad SMARTS) is 1. The van der Waals surface area contributed by atoms with Crippen molar-refractivity contribution >= 4 is 40.4 Å². The quantitative estimate of drug-likeness (QED) is 0.293. The van der Waals surface area contributed by atoms with Crippen LogP contribution in [-0.2, 0) is 9.59 Å². The molecule has 10 heteroatoms. The van der Waals surface area contributed by atoms with Crippen LogP contribution >= 0.6 is 0 Å². The Morgan fingerprint density at radius 1 is 1.07 bits per heavy atom. The van der Waals surface area contributed by atoms with Gasteiger partial charge in [-0.05, 0) is 24.3 Å². The number of hydrazone groups is 1. The predicted octanol–water partition coefficient (Wildman–Crippen LogP) is 2.29. The minimum Gasteiger partial charge on any atom is -0.478 e. The highest BCUT2D eigenvalue weighted by atomic mass is 16.6. The molecular formula is C17H14N4O6. The molecule has 2 aromatic rings. The van der Waals surface area contributed by atoms with E-state index in [0.717, 1.165) is 13.0 Å². The molecule has 0 heterocycles. The summed E-state index contributed by atoms with van der Waals surface area (Å²) in [6, 6.07) is 10.8. The first-order valence-electron chi connectivity index (χ1n) is 7.51. The van der Waals surface area contributed by atoms with Gasteiger partial charge in [0.15, 0.2) is 11.5 Å². The van der Waals surface area contributed by atoms with E-state index < -0.39 is 28.3 Å². The molecule has 3 N–H and O–H groups in total. The molecule has 0 aromatic heterocycles. The van der Waals surface area contributed by atoms with Crippen molar-refractivity contribution < 1.29 is 24.4 Å². The highest BCUT2D eigenvalue weighted by Gasteiger charge is 2.18. The second-order valence-corrected chi connectivity index (χ2v) is 5.28. The molecule has 0 aliphatic heterocycles. The molecule has 0 atom stereocenters. The van der Waals surface area contributed by atoms with Gasteiger partial charge in [-0.2, -0.15) is 5.10 Å². The molecule has 0 saturated heterocycles. The predicted molar refractivity (Wildman–Crippen MR) is 96.9 cm³/mol. The van der Waals surface area contributed by atoms with Gasteiger partial charge < -0.3 is 10.4 Å². The number of aromatic carboxylic acids is 1. The van der Waals surface area contributed by atoms with E-state index in [4.69, 9.17) is 5.11 Å². The molecule has 10 nitrogen and oxygen atoms in total. The second-order valence-electron chi connectivity index (χ2n) is 5.28. The summed E-state index contributed by atoms with van der Waals surface area (Å²) in [5, 5.41) is 25.8. The third-order valence-electron chi connectivity index (χ3n) is 3.27. The van der Waals surface area contributed by atoms with E-state index in [2.05, 4.69) is 15.8 Å². The molecule has 0 fully saturated rings. The normalized spacial score (nSPS) is 10.8. The number of hydrogen-bond donors (Lipinski definition) is 3. The van der Waals surface area contributed by atoms with Gasteiger partial charge in [0.05, 0.1) is 16.2 Å². The molecule has 0 saturated carbocycles. The van der Waals surface area contributed by atoms with Crippen LogP contribution in [0.25, 0.3) is 0 Å². The van der Waals surface area contributed by atoms with Crippen molar-refractivity contribution in [2.45, 2.75) is 6.92 Å². The lowest BCUT2D eigenvalue weighted by Gasteiger charge is -2.07. The van der Waals surface area contributed by atoms with Crippen molar-refractivity contribution in [2.24, 2.45) is 5.10 Å². The second kappa shape index (κ2) is 8.34. The molecule has 27 heavy (non-hydrogen) atoms. The van der Waals surface area contributed by atoms with Gasteiger partial charge in [0.25, 0.3) is 11.6 Å². The Kier molecular flexibility index (Phi) is 5.94. The average molecular weight is 370 g/mol. The molecule has 138 valence electrons. The number of carboxylic acids is 1. The van der Waals surface area contributed by atoms with Crippen LogP contribution in [0, 0.1) is 10.1 Å². The molecule has 1 amide bonds. The number of ketones is 1. The number of benzene rings is 2. The summed E-state index contributed by atoms with van der Waals surface area (Å²) >= 11 is 0. The van der Waals surface area contributed by atoms with E-state index in [1.807, 2.05) is 0 Å². The number of Topliss-reactive ketones (excluding diaryl/α,β-unsaturated/α-hetero) is 1. The number of amides is 1. The van der Waals surface area contributed by atoms with E-state index in [0.29, 0.717) is 0 Å². The fourth-order valence-corrected chi connectivity index (χ4v) is 2.02. The highest BCUT2D eigenvalue weighted by molar-refractivity contribution is 6.67. The first-order chi connectivity index (χ1) is 12.8. The summed E-state index contributed by atoms with van der Waals surface area (Å²) in [4.78, 5) is 45.1. The Morgan fingerprint density at radius 2 is 1.74 bits per heavy atom. The zero-order valence-electron chi connectivity index (χ0n) is 14.0. The highest BCUT2D eigenvalue weighted by Crippen LogP contribution is 2.17. The van der Waals surface area contributed by atoms with Crippen molar-refractivity contribution in [3.05, 3.63) is 64.2 Å². The molecular weight excluding hydrogens is 356 g/mol. The molecule has 0 bridgehead atoms. The van der Waals surface area contributed by atoms with Crippen LogP contribution in [0.4, 0.5) is 17.1 Å². The molecule has 0 spiro atoms. The van der Waals surface area contributed by atoms with Crippen LogP contribution in [0.5, 0.6) is 0 Å². The number of rotatable bonds is 7. The van der Waals surface area contributed by atoms with Crippen molar-refractivity contribution in [3.8, 4) is 0 Å². The number of carbonyl (C=O) groups is 3. The molecule has 0 unspecified atom stereocenters. The van der Waals surface area contributed by atoms with E-state index in [1.165, 1.54) is 42.5 Å². The minimum atomic E-state index is -1.14. The number of hydrogen-bond acceptors (Lipinski definition) is 7. The largest absolute Gasteiger partial charge is 0.478 e. The zero-order chi connectivity index (χ0) is 20.0. The van der Waals surface area contributed by atoms with E-state index >= 15 is 0 Å². The van der Waals surface area contributed by atoms with Crippen LogP contribution < -0.4 is 10.7 Å². The number of non-ortho nitro benzene ring substituents is 1. The first-order valence-corrected chi connectivity index (χ1v) is 7.51. The monoisotopic (exact) mass is 370 g/mol. The molecule has 0 aliphatic carbocycles. The van der Waals surface area contributed by atoms with E-state index in [1.54, 1.807) is 0 Å². The summed E-state index contributed by atoms with van der Waals surface area (Å²) in [7, 11) is 0. The lowest BCUT2D eigenvalue weighted by molar-refractivity contribution is -0.384. The lowest BCUT2D eigenvalue weighted by Crippen LogP contribution is -2.29. The SMILES string of the molecule is CC(=O)/C(=N/Nc1cccc(C(=O)O)c1)C(=O)Nc1cccc([N+](=O)[O-])c1. The van der Waals surface area contributed by atoms with Crippen molar-refractivity contribution in [1.29, 1.82) is 0 Å². The van der Waals surface area contributed by atoms with Crippen molar-refractivity contribution in [1.82, 2.24) is 0 Å². The van der Waals surface area contributed by atoms with Gasteiger partial charge in [0.2, 0.25) is 0 Å². The summed E-state index contributed by atoms with van der Waals surface area (Å²) in [5.41, 5.74) is 2.13. The molecule has 0 radical (unpaired) electrons. The van der Waals surface area contributed by atoms with E-state index in [9.17, 15) is 24.5 Å². The van der Waals surface area contributed by atoms with Crippen LogP contribution in [-0.4, -0.2) is 33.4 Å². The third-order valence-corrected chi connectivity index (χ3v) is 3.27. The number of anilines is 2. The maximum atomic E-state index is 12.3. The van der Waals surface area contributed by atoms with Crippen molar-refractivity contribution in [3.63, 3.8) is 0 Å². The Hall–Kier alpha value is -4.08.